The van der Waals surface area contributed by atoms with Crippen molar-refractivity contribution < 1.29 is 0 Å². The molecule has 3 atom stereocenters. The van der Waals surface area contributed by atoms with Gasteiger partial charge in [0.25, 0.3) is 0 Å². The number of hydrogen-bond acceptors (Lipinski definition) is 3. The summed E-state index contributed by atoms with van der Waals surface area (Å²) in [5, 5.41) is 0. The van der Waals surface area contributed by atoms with Crippen molar-refractivity contribution in [3.05, 3.63) is 0 Å². The molecule has 18 heavy (non-hydrogen) atoms. The summed E-state index contributed by atoms with van der Waals surface area (Å²) in [6.07, 6.45) is 5.08. The molecule has 0 N–H and O–H groups in total. The summed E-state index contributed by atoms with van der Waals surface area (Å²) in [4.78, 5) is 5.55. The van der Waals surface area contributed by atoms with E-state index in [-0.39, 0.29) is 0 Å². The van der Waals surface area contributed by atoms with Gasteiger partial charge in [0.1, 0.15) is 0 Å². The van der Waals surface area contributed by atoms with Crippen LogP contribution in [-0.4, -0.2) is 60.1 Å². The van der Waals surface area contributed by atoms with Crippen LogP contribution in [0.2, 0.25) is 0 Å². The Hall–Kier alpha value is 0.270. The summed E-state index contributed by atoms with van der Waals surface area (Å²) < 4.78 is 0. The number of fused-ring (bicyclic) bond motifs is 1. The Labute approximate surface area is 117 Å². The van der Waals surface area contributed by atoms with Crippen LogP contribution >= 0.6 is 11.8 Å². The Kier molecular flexibility index (Phi) is 5.40. The highest BCUT2D eigenvalue weighted by molar-refractivity contribution is 7.98. The van der Waals surface area contributed by atoms with Gasteiger partial charge in [0.2, 0.25) is 0 Å². The van der Waals surface area contributed by atoms with Gasteiger partial charge in [0, 0.05) is 31.7 Å². The molecule has 2 saturated heterocycles. The summed E-state index contributed by atoms with van der Waals surface area (Å²) in [7, 11) is 0. The van der Waals surface area contributed by atoms with E-state index in [1.807, 2.05) is 11.8 Å². The van der Waals surface area contributed by atoms with Gasteiger partial charge in [-0.3, -0.25) is 9.80 Å². The van der Waals surface area contributed by atoms with Gasteiger partial charge in [-0.05, 0) is 43.2 Å². The third-order valence-corrected chi connectivity index (χ3v) is 5.50. The second-order valence-electron chi connectivity index (χ2n) is 6.62. The van der Waals surface area contributed by atoms with Crippen molar-refractivity contribution in [2.24, 2.45) is 11.8 Å². The molecular formula is C15H30N2S. The van der Waals surface area contributed by atoms with Crippen molar-refractivity contribution in [3.8, 4) is 0 Å². The highest BCUT2D eigenvalue weighted by atomic mass is 32.2. The highest BCUT2D eigenvalue weighted by Crippen LogP contribution is 2.28. The third-order valence-electron chi connectivity index (χ3n) is 4.60. The number of piperazine rings is 1. The van der Waals surface area contributed by atoms with E-state index in [1.54, 1.807) is 0 Å². The lowest BCUT2D eigenvalue weighted by atomic mass is 9.96. The van der Waals surface area contributed by atoms with Crippen molar-refractivity contribution >= 4 is 11.8 Å². The van der Waals surface area contributed by atoms with E-state index >= 15 is 0 Å². The smallest absolute Gasteiger partial charge is 0.0247 e. The average molecular weight is 270 g/mol. The zero-order valence-electron chi connectivity index (χ0n) is 12.6. The van der Waals surface area contributed by atoms with Crippen LogP contribution in [0.4, 0.5) is 0 Å². The number of nitrogens with zero attached hydrogens (tertiary/aromatic N) is 2. The van der Waals surface area contributed by atoms with Gasteiger partial charge in [-0.15, -0.1) is 0 Å². The lowest BCUT2D eigenvalue weighted by molar-refractivity contribution is 0.0226. The Morgan fingerprint density at radius 3 is 2.67 bits per heavy atom. The van der Waals surface area contributed by atoms with Crippen LogP contribution in [0.25, 0.3) is 0 Å². The molecule has 0 aromatic rings. The molecule has 2 heterocycles. The maximum Gasteiger partial charge on any atom is 0.0247 e. The van der Waals surface area contributed by atoms with Crippen LogP contribution in [0.15, 0.2) is 0 Å². The van der Waals surface area contributed by atoms with Crippen molar-refractivity contribution in [2.45, 2.75) is 45.7 Å². The first-order valence-electron chi connectivity index (χ1n) is 7.58. The first kappa shape index (κ1) is 14.7. The van der Waals surface area contributed by atoms with Gasteiger partial charge < -0.3 is 0 Å². The Balaban J connectivity index is 1.96. The molecule has 0 saturated carbocycles. The molecule has 0 spiro atoms. The molecule has 0 aliphatic carbocycles. The molecule has 2 fully saturated rings. The minimum absolute atomic E-state index is 0.781. The number of thioether (sulfide) groups is 1. The van der Waals surface area contributed by atoms with Crippen LogP contribution in [-0.2, 0) is 0 Å². The average Bonchev–Trinajstić information content (AvgIpc) is 2.74. The molecule has 2 nitrogen and oxygen atoms in total. The summed E-state index contributed by atoms with van der Waals surface area (Å²) >= 11 is 1.99. The van der Waals surface area contributed by atoms with Gasteiger partial charge in [0.05, 0.1) is 0 Å². The zero-order chi connectivity index (χ0) is 13.1. The second kappa shape index (κ2) is 6.62. The molecule has 2 aliphatic heterocycles. The van der Waals surface area contributed by atoms with E-state index in [4.69, 9.17) is 0 Å². The van der Waals surface area contributed by atoms with Gasteiger partial charge in [-0.25, -0.2) is 0 Å². The van der Waals surface area contributed by atoms with Gasteiger partial charge >= 0.3 is 0 Å². The summed E-state index contributed by atoms with van der Waals surface area (Å²) in [6.45, 7) is 12.5. The lowest BCUT2D eigenvalue weighted by Crippen LogP contribution is -2.58. The van der Waals surface area contributed by atoms with Crippen molar-refractivity contribution in [1.29, 1.82) is 0 Å². The quantitative estimate of drug-likeness (QED) is 0.758. The lowest BCUT2D eigenvalue weighted by Gasteiger charge is -2.46. The SMILES string of the molecule is CSCC(C)CN1CC2CCCN2CC1C(C)C. The van der Waals surface area contributed by atoms with Crippen molar-refractivity contribution in [1.82, 2.24) is 9.80 Å². The van der Waals surface area contributed by atoms with E-state index in [2.05, 4.69) is 36.8 Å². The van der Waals surface area contributed by atoms with Crippen molar-refractivity contribution in [2.75, 3.05) is 38.2 Å². The van der Waals surface area contributed by atoms with E-state index in [9.17, 15) is 0 Å². The topological polar surface area (TPSA) is 6.48 Å². The minimum Gasteiger partial charge on any atom is -0.298 e. The standard InChI is InChI=1S/C15H30N2S/c1-12(2)15-10-16-7-5-6-14(16)9-17(15)8-13(3)11-18-4/h12-15H,5-11H2,1-4H3. The molecule has 106 valence electrons. The largest absolute Gasteiger partial charge is 0.298 e. The normalized spacial score (nSPS) is 31.8. The molecular weight excluding hydrogens is 240 g/mol. The van der Waals surface area contributed by atoms with Crippen LogP contribution < -0.4 is 0 Å². The van der Waals surface area contributed by atoms with E-state index in [0.717, 1.165) is 23.9 Å². The first-order valence-corrected chi connectivity index (χ1v) is 8.98. The third kappa shape index (κ3) is 3.43. The minimum atomic E-state index is 0.781. The number of rotatable bonds is 5. The summed E-state index contributed by atoms with van der Waals surface area (Å²) in [6, 6.07) is 1.64. The zero-order valence-corrected chi connectivity index (χ0v) is 13.4. The molecule has 3 unspecified atom stereocenters. The van der Waals surface area contributed by atoms with Gasteiger partial charge in [0.15, 0.2) is 0 Å². The maximum atomic E-state index is 2.80. The van der Waals surface area contributed by atoms with E-state index in [0.29, 0.717) is 0 Å². The van der Waals surface area contributed by atoms with E-state index in [1.165, 1.54) is 44.8 Å². The van der Waals surface area contributed by atoms with Gasteiger partial charge in [-0.1, -0.05) is 20.8 Å². The second-order valence-corrected chi connectivity index (χ2v) is 7.53. The molecule has 2 rings (SSSR count). The molecule has 2 aliphatic rings. The van der Waals surface area contributed by atoms with Crippen LogP contribution in [0, 0.1) is 11.8 Å². The van der Waals surface area contributed by atoms with Crippen LogP contribution in [0.1, 0.15) is 33.6 Å². The molecule has 3 heteroatoms. The first-order chi connectivity index (χ1) is 8.61. The molecule has 0 aromatic heterocycles. The fourth-order valence-corrected chi connectivity index (χ4v) is 4.36. The van der Waals surface area contributed by atoms with Crippen LogP contribution in [0.3, 0.4) is 0 Å². The predicted molar refractivity (Wildman–Crippen MR) is 82.3 cm³/mol. The summed E-state index contributed by atoms with van der Waals surface area (Å²) in [5.41, 5.74) is 0. The Bertz CT molecular complexity index is 257. The fourth-order valence-electron chi connectivity index (χ4n) is 3.68. The number of hydrogen-bond donors (Lipinski definition) is 0. The maximum absolute atomic E-state index is 2.80. The fraction of sp³-hybridized carbons (Fsp3) is 1.00. The Morgan fingerprint density at radius 2 is 2.00 bits per heavy atom. The summed E-state index contributed by atoms with van der Waals surface area (Å²) in [5.74, 6) is 2.91. The Morgan fingerprint density at radius 1 is 1.22 bits per heavy atom. The van der Waals surface area contributed by atoms with E-state index < -0.39 is 0 Å². The predicted octanol–water partition coefficient (Wildman–Crippen LogP) is 2.79. The molecule has 0 aromatic carbocycles. The van der Waals surface area contributed by atoms with Gasteiger partial charge in [-0.2, -0.15) is 11.8 Å². The molecule has 0 amide bonds. The monoisotopic (exact) mass is 270 g/mol. The molecule has 0 bridgehead atoms. The van der Waals surface area contributed by atoms with Crippen LogP contribution in [0.5, 0.6) is 0 Å². The highest BCUT2D eigenvalue weighted by Gasteiger charge is 2.37. The molecule has 0 radical (unpaired) electrons. The van der Waals surface area contributed by atoms with Crippen molar-refractivity contribution in [3.63, 3.8) is 0 Å².